The molecule has 0 aliphatic rings. The van der Waals surface area contributed by atoms with Gasteiger partial charge in [-0.05, 0) is 12.8 Å². The molecule has 10 heteroatoms. The van der Waals surface area contributed by atoms with Crippen LogP contribution >= 0.6 is 7.82 Å². The monoisotopic (exact) mass is 621 g/mol. The lowest BCUT2D eigenvalue weighted by atomic mass is 10.0. The summed E-state index contributed by atoms with van der Waals surface area (Å²) in [4.78, 5) is 34.4. The summed E-state index contributed by atoms with van der Waals surface area (Å²) in [7, 11) is -4.35. The van der Waals surface area contributed by atoms with Gasteiger partial charge in [0.2, 0.25) is 0 Å². The van der Waals surface area contributed by atoms with E-state index in [1.807, 2.05) is 0 Å². The molecular formula is C32H64NO8P. The van der Waals surface area contributed by atoms with Crippen molar-refractivity contribution in [2.45, 2.75) is 168 Å². The van der Waals surface area contributed by atoms with Crippen molar-refractivity contribution in [3.63, 3.8) is 0 Å². The fourth-order valence-corrected chi connectivity index (χ4v) is 5.46. The Hall–Kier alpha value is -0.990. The summed E-state index contributed by atoms with van der Waals surface area (Å²) in [5.74, 6) is -0.829. The van der Waals surface area contributed by atoms with Crippen LogP contribution in [0.4, 0.5) is 0 Å². The van der Waals surface area contributed by atoms with E-state index >= 15 is 0 Å². The fourth-order valence-electron chi connectivity index (χ4n) is 4.69. The van der Waals surface area contributed by atoms with E-state index < -0.39 is 26.5 Å². The number of ether oxygens (including phenoxy) is 2. The van der Waals surface area contributed by atoms with Crippen LogP contribution < -0.4 is 5.73 Å². The van der Waals surface area contributed by atoms with Gasteiger partial charge in [-0.15, -0.1) is 0 Å². The predicted octanol–water partition coefficient (Wildman–Crippen LogP) is 8.55. The van der Waals surface area contributed by atoms with Crippen LogP contribution in [-0.4, -0.2) is 49.3 Å². The van der Waals surface area contributed by atoms with Gasteiger partial charge >= 0.3 is 19.8 Å². The van der Waals surface area contributed by atoms with Gasteiger partial charge in [-0.2, -0.15) is 0 Å². The minimum atomic E-state index is -4.35. The van der Waals surface area contributed by atoms with Crippen molar-refractivity contribution in [1.29, 1.82) is 0 Å². The molecule has 0 heterocycles. The number of phosphoric acid groups is 1. The van der Waals surface area contributed by atoms with E-state index in [0.29, 0.717) is 6.42 Å². The van der Waals surface area contributed by atoms with Crippen molar-refractivity contribution in [3.05, 3.63) is 0 Å². The van der Waals surface area contributed by atoms with Crippen LogP contribution in [0.1, 0.15) is 162 Å². The number of carbonyl (C=O) groups is 2. The van der Waals surface area contributed by atoms with Gasteiger partial charge in [0, 0.05) is 19.4 Å². The molecule has 0 rings (SSSR count). The lowest BCUT2D eigenvalue weighted by Gasteiger charge is -2.19. The van der Waals surface area contributed by atoms with E-state index in [4.69, 9.17) is 24.3 Å². The van der Waals surface area contributed by atoms with Crippen LogP contribution in [-0.2, 0) is 32.7 Å². The third-order valence-corrected chi connectivity index (χ3v) is 8.23. The first-order valence-corrected chi connectivity index (χ1v) is 18.5. The molecule has 0 amide bonds. The Labute approximate surface area is 257 Å². The van der Waals surface area contributed by atoms with Crippen molar-refractivity contribution >= 4 is 19.8 Å². The highest BCUT2D eigenvalue weighted by Gasteiger charge is 2.25. The molecule has 0 bridgehead atoms. The molecule has 0 aliphatic carbocycles. The zero-order valence-corrected chi connectivity index (χ0v) is 27.9. The van der Waals surface area contributed by atoms with E-state index in [0.717, 1.165) is 38.5 Å². The van der Waals surface area contributed by atoms with Crippen LogP contribution in [0.3, 0.4) is 0 Å². The van der Waals surface area contributed by atoms with Crippen molar-refractivity contribution in [1.82, 2.24) is 0 Å². The number of esters is 2. The Kier molecular flexibility index (Phi) is 29.3. The highest BCUT2D eigenvalue weighted by atomic mass is 31.2. The molecule has 0 aromatic rings. The lowest BCUT2D eigenvalue weighted by molar-refractivity contribution is -0.161. The Morgan fingerprint density at radius 2 is 1.02 bits per heavy atom. The molecule has 0 aromatic heterocycles. The Morgan fingerprint density at radius 3 is 1.45 bits per heavy atom. The van der Waals surface area contributed by atoms with E-state index in [2.05, 4.69) is 13.8 Å². The van der Waals surface area contributed by atoms with Crippen molar-refractivity contribution in [3.8, 4) is 0 Å². The van der Waals surface area contributed by atoms with Gasteiger partial charge in [-0.25, -0.2) is 4.57 Å². The molecule has 3 N–H and O–H groups in total. The number of phosphoric ester groups is 1. The maximum Gasteiger partial charge on any atom is 0.472 e. The number of carbonyl (C=O) groups excluding carboxylic acids is 2. The van der Waals surface area contributed by atoms with Crippen LogP contribution in [0.2, 0.25) is 0 Å². The first-order valence-electron chi connectivity index (χ1n) is 17.0. The van der Waals surface area contributed by atoms with Crippen LogP contribution in [0.25, 0.3) is 0 Å². The first-order chi connectivity index (χ1) is 20.3. The third kappa shape index (κ3) is 29.1. The van der Waals surface area contributed by atoms with Gasteiger partial charge in [0.1, 0.15) is 6.61 Å². The summed E-state index contributed by atoms with van der Waals surface area (Å²) in [6, 6.07) is 0. The molecule has 0 aromatic carbocycles. The third-order valence-electron chi connectivity index (χ3n) is 7.24. The number of hydrogen-bond acceptors (Lipinski definition) is 8. The summed E-state index contributed by atoms with van der Waals surface area (Å²) in [6.45, 7) is 3.67. The normalized spacial score (nSPS) is 13.5. The van der Waals surface area contributed by atoms with Gasteiger partial charge < -0.3 is 20.1 Å². The van der Waals surface area contributed by atoms with Gasteiger partial charge in [0.05, 0.1) is 13.2 Å². The summed E-state index contributed by atoms with van der Waals surface area (Å²) < 4.78 is 32.4. The van der Waals surface area contributed by atoms with Gasteiger partial charge in [-0.1, -0.05) is 136 Å². The van der Waals surface area contributed by atoms with Gasteiger partial charge in [0.15, 0.2) is 6.10 Å². The topological polar surface area (TPSA) is 134 Å². The molecule has 0 spiro atoms. The second kappa shape index (κ2) is 30.1. The van der Waals surface area contributed by atoms with E-state index in [1.54, 1.807) is 0 Å². The zero-order chi connectivity index (χ0) is 31.2. The Bertz CT molecular complexity index is 679. The maximum absolute atomic E-state index is 12.4. The van der Waals surface area contributed by atoms with Gasteiger partial charge in [0.25, 0.3) is 0 Å². The molecule has 0 fully saturated rings. The standard InChI is InChI=1S/C32H64NO8P/c1-3-5-7-9-11-12-13-14-15-16-17-19-20-22-24-31(34)38-28-30(29-40-42(36,37)39-27-26-33)41-32(35)25-23-21-18-10-8-6-4-2/h30H,3-29,33H2,1-2H3,(H,36,37)/t30-/m1/s1. The van der Waals surface area contributed by atoms with Crippen LogP contribution in [0.15, 0.2) is 0 Å². The molecule has 9 nitrogen and oxygen atoms in total. The fraction of sp³-hybridized carbons (Fsp3) is 0.938. The van der Waals surface area contributed by atoms with E-state index in [-0.39, 0.29) is 38.6 Å². The molecule has 0 aliphatic heterocycles. The number of hydrogen-bond donors (Lipinski definition) is 2. The summed E-state index contributed by atoms with van der Waals surface area (Å²) in [5, 5.41) is 0. The SMILES string of the molecule is CCCCCCCCCCCCCCCCC(=O)OC[C@H](COP(=O)(O)OCCN)OC(=O)CCCCCCCCC. The number of unbranched alkanes of at least 4 members (excludes halogenated alkanes) is 19. The minimum absolute atomic E-state index is 0.0572. The number of nitrogens with two attached hydrogens (primary N) is 1. The lowest BCUT2D eigenvalue weighted by Crippen LogP contribution is -2.29. The number of rotatable bonds is 32. The highest BCUT2D eigenvalue weighted by molar-refractivity contribution is 7.47. The minimum Gasteiger partial charge on any atom is -0.462 e. The van der Waals surface area contributed by atoms with Crippen LogP contribution in [0, 0.1) is 0 Å². The first kappa shape index (κ1) is 41.0. The smallest absolute Gasteiger partial charge is 0.462 e. The van der Waals surface area contributed by atoms with E-state index in [1.165, 1.54) is 89.9 Å². The molecule has 0 saturated carbocycles. The van der Waals surface area contributed by atoms with Crippen molar-refractivity contribution < 1.29 is 37.6 Å². The largest absolute Gasteiger partial charge is 0.472 e. The Morgan fingerprint density at radius 1 is 0.619 bits per heavy atom. The maximum atomic E-state index is 12.4. The summed E-state index contributed by atoms with van der Waals surface area (Å²) in [6.07, 6.45) is 24.4. The van der Waals surface area contributed by atoms with Crippen molar-refractivity contribution in [2.24, 2.45) is 5.73 Å². The predicted molar refractivity (Wildman–Crippen MR) is 169 cm³/mol. The van der Waals surface area contributed by atoms with Gasteiger partial charge in [-0.3, -0.25) is 18.6 Å². The van der Waals surface area contributed by atoms with Crippen molar-refractivity contribution in [2.75, 3.05) is 26.4 Å². The average Bonchev–Trinajstić information content (AvgIpc) is 2.97. The molecular weight excluding hydrogens is 557 g/mol. The molecule has 250 valence electrons. The zero-order valence-electron chi connectivity index (χ0n) is 27.0. The summed E-state index contributed by atoms with van der Waals surface area (Å²) >= 11 is 0. The molecule has 0 radical (unpaired) electrons. The quantitative estimate of drug-likeness (QED) is 0.0430. The highest BCUT2D eigenvalue weighted by Crippen LogP contribution is 2.43. The summed E-state index contributed by atoms with van der Waals surface area (Å²) in [5.41, 5.74) is 5.30. The Balaban J connectivity index is 4.17. The molecule has 1 unspecified atom stereocenters. The molecule has 2 atom stereocenters. The molecule has 0 saturated heterocycles. The molecule has 42 heavy (non-hydrogen) atoms. The van der Waals surface area contributed by atoms with Crippen LogP contribution in [0.5, 0.6) is 0 Å². The second-order valence-corrected chi connectivity index (χ2v) is 12.9. The average molecular weight is 622 g/mol. The van der Waals surface area contributed by atoms with E-state index in [9.17, 15) is 19.0 Å². The second-order valence-electron chi connectivity index (χ2n) is 11.4.